The number of carbonyl (C=O) groups excluding carboxylic acids is 2. The van der Waals surface area contributed by atoms with Crippen molar-refractivity contribution in [3.63, 3.8) is 0 Å². The molecule has 1 aliphatic heterocycles. The van der Waals surface area contributed by atoms with Crippen LogP contribution in [0.25, 0.3) is 0 Å². The first kappa shape index (κ1) is 15.4. The number of anilines is 1. The quantitative estimate of drug-likeness (QED) is 0.868. The number of rotatable bonds is 6. The van der Waals surface area contributed by atoms with E-state index >= 15 is 0 Å². The second-order valence-electron chi connectivity index (χ2n) is 5.87. The number of carbonyl (C=O) groups is 2. The predicted molar refractivity (Wildman–Crippen MR) is 83.6 cm³/mol. The molecule has 1 aromatic heterocycles. The Morgan fingerprint density at radius 3 is 2.82 bits per heavy atom. The highest BCUT2D eigenvalue weighted by atomic mass is 32.1. The third-order valence-electron chi connectivity index (χ3n) is 4.23. The molecule has 6 nitrogen and oxygen atoms in total. The summed E-state index contributed by atoms with van der Waals surface area (Å²) >= 11 is 1.37. The number of thiazole rings is 1. The molecule has 1 saturated carbocycles. The maximum Gasteiger partial charge on any atom is 0.245 e. The Morgan fingerprint density at radius 2 is 2.23 bits per heavy atom. The minimum atomic E-state index is -0.194. The Hall–Kier alpha value is -1.47. The van der Waals surface area contributed by atoms with Gasteiger partial charge in [0.25, 0.3) is 0 Å². The van der Waals surface area contributed by atoms with Gasteiger partial charge in [0.15, 0.2) is 5.13 Å². The zero-order valence-corrected chi connectivity index (χ0v) is 13.3. The molecule has 0 radical (unpaired) electrons. The molecule has 2 aliphatic rings. The van der Waals surface area contributed by atoms with Crippen LogP contribution in [0.1, 0.15) is 32.1 Å². The van der Waals surface area contributed by atoms with Gasteiger partial charge >= 0.3 is 0 Å². The Balaban J connectivity index is 1.58. The van der Waals surface area contributed by atoms with Gasteiger partial charge in [0.1, 0.15) is 6.54 Å². The van der Waals surface area contributed by atoms with Gasteiger partial charge < -0.3 is 15.0 Å². The summed E-state index contributed by atoms with van der Waals surface area (Å²) in [6.07, 6.45) is 6.68. The van der Waals surface area contributed by atoms with Gasteiger partial charge in [-0.25, -0.2) is 4.98 Å². The van der Waals surface area contributed by atoms with Crippen molar-refractivity contribution >= 4 is 28.3 Å². The maximum absolute atomic E-state index is 12.5. The Labute approximate surface area is 133 Å². The van der Waals surface area contributed by atoms with Crippen LogP contribution in [0.4, 0.5) is 5.13 Å². The second kappa shape index (κ2) is 7.19. The highest BCUT2D eigenvalue weighted by Gasteiger charge is 2.32. The lowest BCUT2D eigenvalue weighted by atomic mass is 9.84. The van der Waals surface area contributed by atoms with Crippen LogP contribution in [0.5, 0.6) is 0 Å². The molecular weight excluding hydrogens is 302 g/mol. The molecule has 3 rings (SSSR count). The van der Waals surface area contributed by atoms with E-state index in [1.165, 1.54) is 11.3 Å². The van der Waals surface area contributed by atoms with E-state index in [9.17, 15) is 9.59 Å². The fourth-order valence-electron chi connectivity index (χ4n) is 2.80. The normalized spacial score (nSPS) is 21.4. The summed E-state index contributed by atoms with van der Waals surface area (Å²) < 4.78 is 5.62. The summed E-state index contributed by atoms with van der Waals surface area (Å²) in [5, 5.41) is 5.11. The largest absolute Gasteiger partial charge is 0.376 e. The lowest BCUT2D eigenvalue weighted by Gasteiger charge is -2.32. The molecule has 120 valence electrons. The molecule has 22 heavy (non-hydrogen) atoms. The van der Waals surface area contributed by atoms with Crippen LogP contribution in [-0.4, -0.2) is 47.5 Å². The zero-order valence-electron chi connectivity index (χ0n) is 12.5. The fraction of sp³-hybridized carbons (Fsp3) is 0.667. The fourth-order valence-corrected chi connectivity index (χ4v) is 3.34. The van der Waals surface area contributed by atoms with Crippen LogP contribution < -0.4 is 5.32 Å². The van der Waals surface area contributed by atoms with E-state index in [2.05, 4.69) is 10.3 Å². The number of aromatic nitrogens is 1. The molecule has 0 spiro atoms. The summed E-state index contributed by atoms with van der Waals surface area (Å²) in [5.41, 5.74) is 0. The van der Waals surface area contributed by atoms with E-state index in [0.29, 0.717) is 11.7 Å². The van der Waals surface area contributed by atoms with Gasteiger partial charge in [-0.1, -0.05) is 6.42 Å². The van der Waals surface area contributed by atoms with Crippen molar-refractivity contribution in [2.75, 3.05) is 25.0 Å². The van der Waals surface area contributed by atoms with Gasteiger partial charge in [-0.2, -0.15) is 0 Å². The molecule has 7 heteroatoms. The van der Waals surface area contributed by atoms with Crippen molar-refractivity contribution in [3.8, 4) is 0 Å². The second-order valence-corrected chi connectivity index (χ2v) is 6.76. The predicted octanol–water partition coefficient (Wildman–Crippen LogP) is 1.89. The molecule has 1 aliphatic carbocycles. The van der Waals surface area contributed by atoms with Crippen LogP contribution in [-0.2, 0) is 14.3 Å². The third kappa shape index (κ3) is 3.84. The maximum atomic E-state index is 12.5. The Bertz CT molecular complexity index is 510. The lowest BCUT2D eigenvalue weighted by molar-refractivity contribution is -0.142. The van der Waals surface area contributed by atoms with Gasteiger partial charge in [0, 0.05) is 30.6 Å². The van der Waals surface area contributed by atoms with E-state index in [4.69, 9.17) is 4.74 Å². The van der Waals surface area contributed by atoms with Crippen LogP contribution in [0, 0.1) is 5.92 Å². The van der Waals surface area contributed by atoms with Crippen LogP contribution in [0.15, 0.2) is 11.6 Å². The SMILES string of the molecule is O=C(CN(CC1CCCO1)C(=O)C1CCC1)Nc1nccs1. The highest BCUT2D eigenvalue weighted by Crippen LogP contribution is 2.29. The molecule has 0 bridgehead atoms. The lowest BCUT2D eigenvalue weighted by Crippen LogP contribution is -2.46. The average Bonchev–Trinajstić information content (AvgIpc) is 3.09. The standard InChI is InChI=1S/C15H21N3O3S/c19-13(17-15-16-6-8-22-15)10-18(9-12-5-2-7-21-12)14(20)11-3-1-4-11/h6,8,11-12H,1-5,7,9-10H2,(H,16,17,19). The molecule has 2 fully saturated rings. The van der Waals surface area contributed by atoms with E-state index in [1.807, 2.05) is 0 Å². The van der Waals surface area contributed by atoms with Crippen LogP contribution >= 0.6 is 11.3 Å². The van der Waals surface area contributed by atoms with E-state index in [1.54, 1.807) is 16.5 Å². The van der Waals surface area contributed by atoms with Crippen molar-refractivity contribution in [2.24, 2.45) is 5.92 Å². The summed E-state index contributed by atoms with van der Waals surface area (Å²) in [5.74, 6) is -0.00859. The van der Waals surface area contributed by atoms with Crippen molar-refractivity contribution in [1.82, 2.24) is 9.88 Å². The van der Waals surface area contributed by atoms with Crippen molar-refractivity contribution in [2.45, 2.75) is 38.2 Å². The molecule has 2 heterocycles. The van der Waals surface area contributed by atoms with E-state index in [-0.39, 0.29) is 30.4 Å². The van der Waals surface area contributed by atoms with E-state index in [0.717, 1.165) is 38.7 Å². The number of nitrogens with one attached hydrogen (secondary N) is 1. The minimum absolute atomic E-state index is 0.0664. The summed E-state index contributed by atoms with van der Waals surface area (Å²) in [6, 6.07) is 0. The molecule has 1 unspecified atom stereocenters. The van der Waals surface area contributed by atoms with Gasteiger partial charge in [0.05, 0.1) is 6.10 Å². The van der Waals surface area contributed by atoms with E-state index < -0.39 is 0 Å². The molecule has 0 aromatic carbocycles. The molecule has 1 atom stereocenters. The molecule has 1 saturated heterocycles. The van der Waals surface area contributed by atoms with Crippen LogP contribution in [0.3, 0.4) is 0 Å². The number of amides is 2. The van der Waals surface area contributed by atoms with Crippen molar-refractivity contribution in [1.29, 1.82) is 0 Å². The number of ether oxygens (including phenoxy) is 1. The summed E-state index contributed by atoms with van der Waals surface area (Å²) in [6.45, 7) is 1.34. The molecule has 1 N–H and O–H groups in total. The molecule has 2 amide bonds. The number of nitrogens with zero attached hydrogens (tertiary/aromatic N) is 2. The van der Waals surface area contributed by atoms with Gasteiger partial charge in [-0.3, -0.25) is 9.59 Å². The smallest absolute Gasteiger partial charge is 0.245 e. The zero-order chi connectivity index (χ0) is 15.4. The van der Waals surface area contributed by atoms with Crippen molar-refractivity contribution in [3.05, 3.63) is 11.6 Å². The number of hydrogen-bond donors (Lipinski definition) is 1. The van der Waals surface area contributed by atoms with Crippen LogP contribution in [0.2, 0.25) is 0 Å². The van der Waals surface area contributed by atoms with Gasteiger partial charge in [-0.15, -0.1) is 11.3 Å². The molecule has 1 aromatic rings. The summed E-state index contributed by atoms with van der Waals surface area (Å²) in [7, 11) is 0. The number of hydrogen-bond acceptors (Lipinski definition) is 5. The first-order valence-corrected chi connectivity index (χ1v) is 8.70. The first-order chi connectivity index (χ1) is 10.7. The monoisotopic (exact) mass is 323 g/mol. The summed E-state index contributed by atoms with van der Waals surface area (Å²) in [4.78, 5) is 30.4. The Kier molecular flexibility index (Phi) is 5.04. The Morgan fingerprint density at radius 1 is 1.36 bits per heavy atom. The average molecular weight is 323 g/mol. The first-order valence-electron chi connectivity index (χ1n) is 7.82. The highest BCUT2D eigenvalue weighted by molar-refractivity contribution is 7.13. The molecular formula is C15H21N3O3S. The van der Waals surface area contributed by atoms with Crippen molar-refractivity contribution < 1.29 is 14.3 Å². The minimum Gasteiger partial charge on any atom is -0.376 e. The topological polar surface area (TPSA) is 71.5 Å². The van der Waals surface area contributed by atoms with Gasteiger partial charge in [0.2, 0.25) is 11.8 Å². The van der Waals surface area contributed by atoms with Gasteiger partial charge in [-0.05, 0) is 25.7 Å². The third-order valence-corrected chi connectivity index (χ3v) is 4.92.